The van der Waals surface area contributed by atoms with E-state index in [-0.39, 0.29) is 36.7 Å². The molecule has 2 aliphatic heterocycles. The normalized spacial score (nSPS) is 23.2. The van der Waals surface area contributed by atoms with Gasteiger partial charge in [-0.1, -0.05) is 30.3 Å². The third-order valence-corrected chi connectivity index (χ3v) is 4.54. The van der Waals surface area contributed by atoms with Crippen LogP contribution < -0.4 is 10.6 Å². The number of halogens is 1. The van der Waals surface area contributed by atoms with Crippen molar-refractivity contribution in [2.24, 2.45) is 0 Å². The first kappa shape index (κ1) is 19.7. The Labute approximate surface area is 154 Å². The lowest BCUT2D eigenvalue weighted by molar-refractivity contribution is -0.138. The number of nitrogens with zero attached hydrogens (tertiary/aromatic N) is 1. The molecule has 2 N–H and O–H groups in total. The van der Waals surface area contributed by atoms with Crippen molar-refractivity contribution in [2.45, 2.75) is 38.0 Å². The smallest absolute Gasteiger partial charge is 0.240 e. The van der Waals surface area contributed by atoms with E-state index in [1.54, 1.807) is 0 Å². The molecule has 2 heterocycles. The number of rotatable bonds is 6. The van der Waals surface area contributed by atoms with E-state index in [2.05, 4.69) is 10.6 Å². The topological polar surface area (TPSA) is 70.7 Å². The van der Waals surface area contributed by atoms with Gasteiger partial charge < -0.3 is 20.3 Å². The lowest BCUT2D eigenvalue weighted by Gasteiger charge is -2.33. The second-order valence-corrected chi connectivity index (χ2v) is 6.40. The maximum Gasteiger partial charge on any atom is 0.240 e. The molecule has 25 heavy (non-hydrogen) atoms. The molecule has 1 aromatic rings. The van der Waals surface area contributed by atoms with E-state index in [0.717, 1.165) is 25.0 Å². The van der Waals surface area contributed by atoms with Crippen molar-refractivity contribution in [3.05, 3.63) is 35.9 Å². The van der Waals surface area contributed by atoms with Crippen LogP contribution in [-0.4, -0.2) is 55.1 Å². The zero-order valence-corrected chi connectivity index (χ0v) is 15.1. The molecule has 0 bridgehead atoms. The monoisotopic (exact) mass is 367 g/mol. The van der Waals surface area contributed by atoms with Crippen LogP contribution in [-0.2, 0) is 20.9 Å². The summed E-state index contributed by atoms with van der Waals surface area (Å²) in [6, 6.07) is 9.49. The minimum atomic E-state index is -0.438. The fraction of sp³-hybridized carbons (Fsp3) is 0.556. The molecule has 6 nitrogen and oxygen atoms in total. The summed E-state index contributed by atoms with van der Waals surface area (Å²) >= 11 is 0. The van der Waals surface area contributed by atoms with Gasteiger partial charge in [-0.25, -0.2) is 0 Å². The Morgan fingerprint density at radius 1 is 1.32 bits per heavy atom. The summed E-state index contributed by atoms with van der Waals surface area (Å²) in [4.78, 5) is 26.5. The molecule has 138 valence electrons. The zero-order valence-electron chi connectivity index (χ0n) is 14.3. The maximum absolute atomic E-state index is 12.6. The highest BCUT2D eigenvalue weighted by atomic mass is 35.5. The van der Waals surface area contributed by atoms with Gasteiger partial charge in [-0.2, -0.15) is 0 Å². The lowest BCUT2D eigenvalue weighted by atomic mass is 10.1. The summed E-state index contributed by atoms with van der Waals surface area (Å²) in [6.45, 7) is 3.28. The van der Waals surface area contributed by atoms with Crippen LogP contribution in [0.2, 0.25) is 0 Å². The standard InChI is InChI=1S/C18H25N3O3.ClH/c22-17(20-12-15-7-4-10-24-15)11-16-18(23)21(9-8-19-16)13-14-5-2-1-3-6-14;/h1-3,5-6,15-16,19H,4,7-13H2,(H,20,22);1H. The van der Waals surface area contributed by atoms with E-state index in [4.69, 9.17) is 4.74 Å². The molecule has 2 aliphatic rings. The molecule has 2 saturated heterocycles. The van der Waals surface area contributed by atoms with Gasteiger partial charge >= 0.3 is 0 Å². The molecule has 0 radical (unpaired) electrons. The number of ether oxygens (including phenoxy) is 1. The van der Waals surface area contributed by atoms with E-state index in [0.29, 0.717) is 26.2 Å². The molecule has 0 saturated carbocycles. The van der Waals surface area contributed by atoms with E-state index in [1.807, 2.05) is 35.2 Å². The van der Waals surface area contributed by atoms with Gasteiger partial charge in [0.2, 0.25) is 11.8 Å². The van der Waals surface area contributed by atoms with Crippen molar-refractivity contribution in [3.63, 3.8) is 0 Å². The molecule has 2 amide bonds. The van der Waals surface area contributed by atoms with Gasteiger partial charge in [-0.3, -0.25) is 9.59 Å². The molecule has 1 aromatic carbocycles. The Kier molecular flexibility index (Phi) is 7.68. The van der Waals surface area contributed by atoms with Crippen LogP contribution in [0.15, 0.2) is 30.3 Å². The molecule has 3 rings (SSSR count). The number of amides is 2. The van der Waals surface area contributed by atoms with E-state index >= 15 is 0 Å². The van der Waals surface area contributed by atoms with Gasteiger partial charge in [0.05, 0.1) is 18.6 Å². The van der Waals surface area contributed by atoms with Crippen LogP contribution in [0.25, 0.3) is 0 Å². The number of nitrogens with one attached hydrogen (secondary N) is 2. The SMILES string of the molecule is Cl.O=C(CC1NCCN(Cc2ccccc2)C1=O)NCC1CCCO1. The van der Waals surface area contributed by atoms with Crippen molar-refractivity contribution in [3.8, 4) is 0 Å². The summed E-state index contributed by atoms with van der Waals surface area (Å²) in [5.74, 6) is -0.102. The van der Waals surface area contributed by atoms with E-state index in [1.165, 1.54) is 0 Å². The van der Waals surface area contributed by atoms with Crippen LogP contribution in [0, 0.1) is 0 Å². The van der Waals surface area contributed by atoms with Crippen LogP contribution in [0.4, 0.5) is 0 Å². The average Bonchev–Trinajstić information content (AvgIpc) is 3.11. The summed E-state index contributed by atoms with van der Waals surface area (Å²) in [6.07, 6.45) is 2.35. The number of carbonyl (C=O) groups excluding carboxylic acids is 2. The van der Waals surface area contributed by atoms with Gasteiger partial charge in [-0.05, 0) is 18.4 Å². The van der Waals surface area contributed by atoms with Crippen molar-refractivity contribution < 1.29 is 14.3 Å². The highest BCUT2D eigenvalue weighted by Gasteiger charge is 2.30. The van der Waals surface area contributed by atoms with Gasteiger partial charge in [0.1, 0.15) is 0 Å². The van der Waals surface area contributed by atoms with Crippen LogP contribution in [0.1, 0.15) is 24.8 Å². The molecule has 0 aromatic heterocycles. The molecule has 2 unspecified atom stereocenters. The van der Waals surface area contributed by atoms with Crippen molar-refractivity contribution >= 4 is 24.2 Å². The summed E-state index contributed by atoms with van der Waals surface area (Å²) in [7, 11) is 0. The Morgan fingerprint density at radius 3 is 2.84 bits per heavy atom. The van der Waals surface area contributed by atoms with Gasteiger partial charge in [0, 0.05) is 32.8 Å². The maximum atomic E-state index is 12.6. The third kappa shape index (κ3) is 5.70. The predicted octanol–water partition coefficient (Wildman–Crippen LogP) is 1.09. The molecule has 0 spiro atoms. The Morgan fingerprint density at radius 2 is 2.12 bits per heavy atom. The van der Waals surface area contributed by atoms with Crippen LogP contribution >= 0.6 is 12.4 Å². The number of hydrogen-bond acceptors (Lipinski definition) is 4. The van der Waals surface area contributed by atoms with E-state index in [9.17, 15) is 9.59 Å². The average molecular weight is 368 g/mol. The van der Waals surface area contributed by atoms with E-state index < -0.39 is 6.04 Å². The molecule has 0 aliphatic carbocycles. The number of carbonyl (C=O) groups is 2. The summed E-state index contributed by atoms with van der Waals surface area (Å²) < 4.78 is 5.49. The predicted molar refractivity (Wildman–Crippen MR) is 97.5 cm³/mol. The summed E-state index contributed by atoms with van der Waals surface area (Å²) in [5, 5.41) is 6.04. The molecule has 2 fully saturated rings. The second-order valence-electron chi connectivity index (χ2n) is 6.40. The van der Waals surface area contributed by atoms with Crippen molar-refractivity contribution in [1.29, 1.82) is 0 Å². The largest absolute Gasteiger partial charge is 0.376 e. The molecule has 2 atom stereocenters. The minimum absolute atomic E-state index is 0. The van der Waals surface area contributed by atoms with Crippen molar-refractivity contribution in [1.82, 2.24) is 15.5 Å². The summed E-state index contributed by atoms with van der Waals surface area (Å²) in [5.41, 5.74) is 1.11. The Hall–Kier alpha value is -1.63. The van der Waals surface area contributed by atoms with Gasteiger partial charge in [0.15, 0.2) is 0 Å². The first-order chi connectivity index (χ1) is 11.7. The molecule has 7 heteroatoms. The van der Waals surface area contributed by atoms with Gasteiger partial charge in [0.25, 0.3) is 0 Å². The fourth-order valence-electron chi connectivity index (χ4n) is 3.20. The Bertz CT molecular complexity index is 564. The van der Waals surface area contributed by atoms with Crippen molar-refractivity contribution in [2.75, 3.05) is 26.2 Å². The number of benzene rings is 1. The van der Waals surface area contributed by atoms with Gasteiger partial charge in [-0.15, -0.1) is 12.4 Å². The van der Waals surface area contributed by atoms with Crippen LogP contribution in [0.3, 0.4) is 0 Å². The first-order valence-electron chi connectivity index (χ1n) is 8.67. The highest BCUT2D eigenvalue weighted by Crippen LogP contribution is 2.12. The molecular formula is C18H26ClN3O3. The van der Waals surface area contributed by atoms with Crippen LogP contribution in [0.5, 0.6) is 0 Å². The lowest BCUT2D eigenvalue weighted by Crippen LogP contribution is -2.56. The number of piperazine rings is 1. The number of hydrogen-bond donors (Lipinski definition) is 2. The zero-order chi connectivity index (χ0) is 16.8. The second kappa shape index (κ2) is 9.75. The fourth-order valence-corrected chi connectivity index (χ4v) is 3.20. The quantitative estimate of drug-likeness (QED) is 0.789. The third-order valence-electron chi connectivity index (χ3n) is 4.54. The first-order valence-corrected chi connectivity index (χ1v) is 8.67. The molecular weight excluding hydrogens is 342 g/mol. The highest BCUT2D eigenvalue weighted by molar-refractivity contribution is 5.88. The Balaban J connectivity index is 0.00000225. The minimum Gasteiger partial charge on any atom is -0.376 e.